The smallest absolute Gasteiger partial charge is 0.0622 e. The molecule has 1 heterocycles. The van der Waals surface area contributed by atoms with E-state index in [2.05, 4.69) is 30.9 Å². The third kappa shape index (κ3) is 4.20. The molecule has 0 aromatic rings. The van der Waals surface area contributed by atoms with Crippen molar-refractivity contribution in [3.63, 3.8) is 0 Å². The highest BCUT2D eigenvalue weighted by Crippen LogP contribution is 2.26. The molecule has 0 radical (unpaired) electrons. The summed E-state index contributed by atoms with van der Waals surface area (Å²) in [6.45, 7) is 7.14. The van der Waals surface area contributed by atoms with Crippen LogP contribution in [-0.4, -0.2) is 37.3 Å². The highest BCUT2D eigenvalue weighted by Gasteiger charge is 2.24. The minimum atomic E-state index is 0.588. The van der Waals surface area contributed by atoms with E-state index in [4.69, 9.17) is 4.74 Å². The normalized spacial score (nSPS) is 24.0. The summed E-state index contributed by atoms with van der Waals surface area (Å²) < 4.78 is 5.53. The molecule has 0 aromatic heterocycles. The van der Waals surface area contributed by atoms with Gasteiger partial charge in [-0.25, -0.2) is 0 Å². The maximum atomic E-state index is 5.53. The second kappa shape index (κ2) is 7.55. The SMILES string of the molecule is CCCNC(COCC)C1CCSC1. The summed E-state index contributed by atoms with van der Waals surface area (Å²) in [5.41, 5.74) is 0. The Labute approximate surface area is 92.2 Å². The fourth-order valence-electron chi connectivity index (χ4n) is 1.81. The highest BCUT2D eigenvalue weighted by molar-refractivity contribution is 7.99. The van der Waals surface area contributed by atoms with Crippen LogP contribution in [-0.2, 0) is 4.74 Å². The summed E-state index contributed by atoms with van der Waals surface area (Å²) in [5.74, 6) is 3.48. The van der Waals surface area contributed by atoms with Gasteiger partial charge in [0.15, 0.2) is 0 Å². The molecule has 1 aliphatic rings. The molecule has 1 aliphatic heterocycles. The van der Waals surface area contributed by atoms with Crippen LogP contribution in [0.2, 0.25) is 0 Å². The molecule has 3 heteroatoms. The van der Waals surface area contributed by atoms with Crippen LogP contribution in [0.1, 0.15) is 26.7 Å². The van der Waals surface area contributed by atoms with Crippen LogP contribution < -0.4 is 5.32 Å². The molecular weight excluding hydrogens is 194 g/mol. The van der Waals surface area contributed by atoms with Gasteiger partial charge in [0.05, 0.1) is 6.61 Å². The summed E-state index contributed by atoms with van der Waals surface area (Å²) in [7, 11) is 0. The third-order valence-electron chi connectivity index (χ3n) is 2.69. The maximum Gasteiger partial charge on any atom is 0.0622 e. The molecule has 0 bridgehead atoms. The second-order valence-electron chi connectivity index (χ2n) is 3.84. The van der Waals surface area contributed by atoms with E-state index in [0.717, 1.165) is 25.7 Å². The molecule has 0 saturated carbocycles. The van der Waals surface area contributed by atoms with E-state index in [-0.39, 0.29) is 0 Å². The van der Waals surface area contributed by atoms with Crippen LogP contribution in [0.4, 0.5) is 0 Å². The number of thioether (sulfide) groups is 1. The zero-order valence-corrected chi connectivity index (χ0v) is 10.2. The van der Waals surface area contributed by atoms with Crippen LogP contribution in [0.5, 0.6) is 0 Å². The molecule has 2 atom stereocenters. The Morgan fingerprint density at radius 2 is 2.36 bits per heavy atom. The van der Waals surface area contributed by atoms with E-state index in [1.165, 1.54) is 24.3 Å². The monoisotopic (exact) mass is 217 g/mol. The minimum Gasteiger partial charge on any atom is -0.380 e. The van der Waals surface area contributed by atoms with Crippen molar-refractivity contribution in [2.75, 3.05) is 31.3 Å². The number of rotatable bonds is 7. The first-order chi connectivity index (χ1) is 6.88. The predicted octanol–water partition coefficient (Wildman–Crippen LogP) is 2.14. The second-order valence-corrected chi connectivity index (χ2v) is 4.99. The van der Waals surface area contributed by atoms with Gasteiger partial charge in [0.2, 0.25) is 0 Å². The molecule has 0 aromatic carbocycles. The molecule has 1 fully saturated rings. The van der Waals surface area contributed by atoms with Crippen LogP contribution >= 0.6 is 11.8 Å². The van der Waals surface area contributed by atoms with Gasteiger partial charge in [-0.3, -0.25) is 0 Å². The summed E-state index contributed by atoms with van der Waals surface area (Å²) >= 11 is 2.08. The zero-order valence-electron chi connectivity index (χ0n) is 9.42. The number of hydrogen-bond donors (Lipinski definition) is 1. The van der Waals surface area contributed by atoms with Crippen molar-refractivity contribution in [1.29, 1.82) is 0 Å². The van der Waals surface area contributed by atoms with Crippen LogP contribution in [0, 0.1) is 5.92 Å². The Hall–Kier alpha value is 0.270. The molecule has 0 amide bonds. The zero-order chi connectivity index (χ0) is 10.2. The average Bonchev–Trinajstić information content (AvgIpc) is 2.71. The van der Waals surface area contributed by atoms with Gasteiger partial charge >= 0.3 is 0 Å². The van der Waals surface area contributed by atoms with E-state index < -0.39 is 0 Å². The van der Waals surface area contributed by atoms with E-state index in [9.17, 15) is 0 Å². The fourth-order valence-corrected chi connectivity index (χ4v) is 3.14. The van der Waals surface area contributed by atoms with Crippen molar-refractivity contribution < 1.29 is 4.74 Å². The number of nitrogens with one attached hydrogen (secondary N) is 1. The molecule has 84 valence electrons. The Bertz CT molecular complexity index is 129. The van der Waals surface area contributed by atoms with Crippen LogP contribution in [0.3, 0.4) is 0 Å². The fraction of sp³-hybridized carbons (Fsp3) is 1.00. The molecule has 0 spiro atoms. The summed E-state index contributed by atoms with van der Waals surface area (Å²) in [6.07, 6.45) is 2.57. The lowest BCUT2D eigenvalue weighted by atomic mass is 10.00. The van der Waals surface area contributed by atoms with Crippen LogP contribution in [0.25, 0.3) is 0 Å². The van der Waals surface area contributed by atoms with Gasteiger partial charge in [-0.05, 0) is 43.7 Å². The molecule has 14 heavy (non-hydrogen) atoms. The molecule has 2 nitrogen and oxygen atoms in total. The Balaban J connectivity index is 2.26. The largest absolute Gasteiger partial charge is 0.380 e. The number of ether oxygens (including phenoxy) is 1. The predicted molar refractivity (Wildman–Crippen MR) is 64.0 cm³/mol. The first kappa shape index (κ1) is 12.3. The Morgan fingerprint density at radius 1 is 1.50 bits per heavy atom. The molecule has 1 N–H and O–H groups in total. The summed E-state index contributed by atoms with van der Waals surface area (Å²) in [6, 6.07) is 0.588. The average molecular weight is 217 g/mol. The van der Waals surface area contributed by atoms with Gasteiger partial charge in [-0.1, -0.05) is 6.92 Å². The Kier molecular flexibility index (Phi) is 6.65. The highest BCUT2D eigenvalue weighted by atomic mass is 32.2. The van der Waals surface area contributed by atoms with Crippen molar-refractivity contribution in [2.45, 2.75) is 32.7 Å². The van der Waals surface area contributed by atoms with E-state index in [1.54, 1.807) is 0 Å². The molecule has 1 saturated heterocycles. The maximum absolute atomic E-state index is 5.53. The summed E-state index contributed by atoms with van der Waals surface area (Å²) in [4.78, 5) is 0. The topological polar surface area (TPSA) is 21.3 Å². The molecule has 1 rings (SSSR count). The minimum absolute atomic E-state index is 0.588. The Morgan fingerprint density at radius 3 is 2.93 bits per heavy atom. The van der Waals surface area contributed by atoms with Crippen molar-refractivity contribution >= 4 is 11.8 Å². The van der Waals surface area contributed by atoms with Gasteiger partial charge in [-0.15, -0.1) is 0 Å². The van der Waals surface area contributed by atoms with Crippen molar-refractivity contribution in [1.82, 2.24) is 5.32 Å². The third-order valence-corrected chi connectivity index (χ3v) is 3.88. The first-order valence-corrected chi connectivity index (χ1v) is 6.92. The van der Waals surface area contributed by atoms with Crippen molar-refractivity contribution in [3.05, 3.63) is 0 Å². The van der Waals surface area contributed by atoms with Gasteiger partial charge in [0.1, 0.15) is 0 Å². The van der Waals surface area contributed by atoms with E-state index in [0.29, 0.717) is 6.04 Å². The lowest BCUT2D eigenvalue weighted by Gasteiger charge is -2.23. The lowest BCUT2D eigenvalue weighted by Crippen LogP contribution is -2.40. The van der Waals surface area contributed by atoms with Gasteiger partial charge in [0, 0.05) is 12.6 Å². The standard InChI is InChI=1S/C11H23NOS/c1-3-6-12-11(8-13-4-2)10-5-7-14-9-10/h10-12H,3-9H2,1-2H3. The first-order valence-electron chi connectivity index (χ1n) is 5.77. The van der Waals surface area contributed by atoms with E-state index >= 15 is 0 Å². The van der Waals surface area contributed by atoms with Crippen molar-refractivity contribution in [2.24, 2.45) is 5.92 Å². The lowest BCUT2D eigenvalue weighted by molar-refractivity contribution is 0.107. The molecule has 2 unspecified atom stereocenters. The number of hydrogen-bond acceptors (Lipinski definition) is 3. The molecule has 0 aliphatic carbocycles. The quantitative estimate of drug-likeness (QED) is 0.706. The van der Waals surface area contributed by atoms with Gasteiger partial charge in [0.25, 0.3) is 0 Å². The van der Waals surface area contributed by atoms with E-state index in [1.807, 2.05) is 0 Å². The summed E-state index contributed by atoms with van der Waals surface area (Å²) in [5, 5.41) is 3.61. The van der Waals surface area contributed by atoms with Crippen molar-refractivity contribution in [3.8, 4) is 0 Å². The molecular formula is C11H23NOS. The van der Waals surface area contributed by atoms with Crippen LogP contribution in [0.15, 0.2) is 0 Å². The van der Waals surface area contributed by atoms with Gasteiger partial charge < -0.3 is 10.1 Å². The van der Waals surface area contributed by atoms with Gasteiger partial charge in [-0.2, -0.15) is 11.8 Å².